The Balaban J connectivity index is 4.09. The molecule has 0 atom stereocenters. The maximum atomic E-state index is 5.44. The summed E-state index contributed by atoms with van der Waals surface area (Å²) in [6.07, 6.45) is 3.59. The summed E-state index contributed by atoms with van der Waals surface area (Å²) in [7, 11) is 2.69. The second-order valence-electron chi connectivity index (χ2n) is 3.50. The second-order valence-corrected chi connectivity index (χ2v) is 4.54. The molecule has 0 rings (SSSR count). The highest BCUT2D eigenvalue weighted by atomic mass is 31.1. The van der Waals surface area contributed by atoms with Gasteiger partial charge in [-0.25, -0.2) is 0 Å². The van der Waals surface area contributed by atoms with Crippen molar-refractivity contribution in [2.45, 2.75) is 40.0 Å². The van der Waals surface area contributed by atoms with Crippen molar-refractivity contribution in [3.05, 3.63) is 0 Å². The van der Waals surface area contributed by atoms with Gasteiger partial charge in [0.1, 0.15) is 0 Å². The molecule has 0 bridgehead atoms. The van der Waals surface area contributed by atoms with Gasteiger partial charge in [-0.2, -0.15) is 5.25 Å². The molecule has 0 aromatic rings. The van der Waals surface area contributed by atoms with Gasteiger partial charge in [-0.05, 0) is 24.6 Å². The molecule has 0 aromatic heterocycles. The molecule has 0 saturated heterocycles. The van der Waals surface area contributed by atoms with Gasteiger partial charge in [0.2, 0.25) is 0 Å². The van der Waals surface area contributed by atoms with Crippen LogP contribution < -0.4 is 5.25 Å². The van der Waals surface area contributed by atoms with Crippen molar-refractivity contribution in [1.82, 2.24) is 5.25 Å². The number of hydrogen-bond donors (Lipinski definition) is 1. The molecule has 90 valence electrons. The van der Waals surface area contributed by atoms with E-state index in [9.17, 15) is 0 Å². The van der Waals surface area contributed by atoms with E-state index < -0.39 is 0 Å². The average molecular weight is 233 g/mol. The molecule has 0 unspecified atom stereocenters. The molecule has 15 heavy (non-hydrogen) atoms. The number of rotatable bonds is 9. The van der Waals surface area contributed by atoms with Crippen molar-refractivity contribution in [1.29, 1.82) is 0 Å². The lowest BCUT2D eigenvalue weighted by Gasteiger charge is -2.14. The predicted molar refractivity (Wildman–Crippen MR) is 67.3 cm³/mol. The van der Waals surface area contributed by atoms with Gasteiger partial charge in [0.05, 0.1) is 13.7 Å². The number of nitrogens with one attached hydrogen (secondary N) is 1. The standard InChI is InChI=1S/C11H24NO2P/c1-5-10(6-2)8-11(9-14-7-3)15-12-13-4/h10,12H,5-9H2,1-4H3. The van der Waals surface area contributed by atoms with Crippen LogP contribution in [0.4, 0.5) is 0 Å². The van der Waals surface area contributed by atoms with Crippen LogP contribution in [0.3, 0.4) is 0 Å². The van der Waals surface area contributed by atoms with Crippen LogP contribution in [0.15, 0.2) is 0 Å². The molecule has 0 amide bonds. The summed E-state index contributed by atoms with van der Waals surface area (Å²) < 4.78 is 5.44. The van der Waals surface area contributed by atoms with Gasteiger partial charge in [-0.3, -0.25) is 4.84 Å². The molecule has 0 heterocycles. The van der Waals surface area contributed by atoms with E-state index >= 15 is 0 Å². The first-order chi connectivity index (χ1) is 7.28. The van der Waals surface area contributed by atoms with E-state index in [4.69, 9.17) is 9.57 Å². The topological polar surface area (TPSA) is 30.5 Å². The molecule has 3 nitrogen and oxygen atoms in total. The van der Waals surface area contributed by atoms with Crippen molar-refractivity contribution in [3.8, 4) is 0 Å². The Labute approximate surface area is 95.3 Å². The van der Waals surface area contributed by atoms with Crippen LogP contribution >= 0.6 is 8.35 Å². The van der Waals surface area contributed by atoms with Crippen LogP contribution in [-0.2, 0) is 9.57 Å². The molecule has 0 spiro atoms. The van der Waals surface area contributed by atoms with Crippen LogP contribution in [0, 0.1) is 5.92 Å². The van der Waals surface area contributed by atoms with Crippen LogP contribution in [0.2, 0.25) is 0 Å². The Kier molecular flexibility index (Phi) is 10.6. The van der Waals surface area contributed by atoms with Gasteiger partial charge in [0.15, 0.2) is 0 Å². The third-order valence-electron chi connectivity index (χ3n) is 2.45. The van der Waals surface area contributed by atoms with E-state index in [1.54, 1.807) is 7.11 Å². The normalized spacial score (nSPS) is 12.5. The SMILES string of the molecule is CCOCC(CC(CC)CC)=PNOC. The lowest BCUT2D eigenvalue weighted by molar-refractivity contribution is 0.161. The predicted octanol–water partition coefficient (Wildman–Crippen LogP) is 3.03. The minimum absolute atomic E-state index is 0.741. The Hall–Kier alpha value is 0.0500. The minimum Gasteiger partial charge on any atom is -0.377 e. The van der Waals surface area contributed by atoms with Crippen molar-refractivity contribution in [2.75, 3.05) is 20.3 Å². The first-order valence-corrected chi connectivity index (χ1v) is 6.58. The molecule has 0 aliphatic rings. The molecular weight excluding hydrogens is 209 g/mol. The molecule has 0 aliphatic carbocycles. The molecule has 0 saturated carbocycles. The lowest BCUT2D eigenvalue weighted by Crippen LogP contribution is -2.14. The highest BCUT2D eigenvalue weighted by Crippen LogP contribution is 2.16. The first kappa shape index (κ1) is 15.0. The highest BCUT2D eigenvalue weighted by molar-refractivity contribution is 7.38. The van der Waals surface area contributed by atoms with Gasteiger partial charge >= 0.3 is 0 Å². The molecule has 0 aromatic carbocycles. The van der Waals surface area contributed by atoms with E-state index in [1.165, 1.54) is 18.1 Å². The first-order valence-electron chi connectivity index (χ1n) is 5.69. The Bertz CT molecular complexity index is 170. The molecule has 4 heteroatoms. The molecular formula is C11H24NO2P. The number of ether oxygens (including phenoxy) is 1. The van der Waals surface area contributed by atoms with Crippen LogP contribution in [0.5, 0.6) is 0 Å². The maximum absolute atomic E-state index is 5.44. The second kappa shape index (κ2) is 10.6. The summed E-state index contributed by atoms with van der Waals surface area (Å²) >= 11 is 0. The van der Waals surface area contributed by atoms with Gasteiger partial charge < -0.3 is 4.74 Å². The summed E-state index contributed by atoms with van der Waals surface area (Å²) in [5.41, 5.74) is 0. The Morgan fingerprint density at radius 3 is 2.40 bits per heavy atom. The van der Waals surface area contributed by atoms with E-state index in [2.05, 4.69) is 19.1 Å². The molecule has 0 radical (unpaired) electrons. The smallest absolute Gasteiger partial charge is 0.0731 e. The largest absolute Gasteiger partial charge is 0.377 e. The zero-order valence-corrected chi connectivity index (χ0v) is 11.3. The van der Waals surface area contributed by atoms with Crippen molar-refractivity contribution in [3.63, 3.8) is 0 Å². The Morgan fingerprint density at radius 2 is 1.93 bits per heavy atom. The average Bonchev–Trinajstić information content (AvgIpc) is 2.28. The van der Waals surface area contributed by atoms with Crippen molar-refractivity contribution in [2.24, 2.45) is 5.92 Å². The number of hydrogen-bond acceptors (Lipinski definition) is 3. The van der Waals surface area contributed by atoms with E-state index in [0.717, 1.165) is 33.9 Å². The summed E-state index contributed by atoms with van der Waals surface area (Å²) in [4.78, 5) is 4.86. The maximum Gasteiger partial charge on any atom is 0.0731 e. The molecule has 0 aliphatic heterocycles. The van der Waals surface area contributed by atoms with Crippen LogP contribution in [0.25, 0.3) is 0 Å². The zero-order chi connectivity index (χ0) is 11.5. The van der Waals surface area contributed by atoms with Crippen LogP contribution in [0.1, 0.15) is 40.0 Å². The fourth-order valence-electron chi connectivity index (χ4n) is 1.38. The summed E-state index contributed by atoms with van der Waals surface area (Å²) in [6.45, 7) is 8.02. The third-order valence-corrected chi connectivity index (χ3v) is 3.35. The van der Waals surface area contributed by atoms with E-state index in [0.29, 0.717) is 0 Å². The zero-order valence-electron chi connectivity index (χ0n) is 10.4. The quantitative estimate of drug-likeness (QED) is 0.490. The molecule has 0 fully saturated rings. The van der Waals surface area contributed by atoms with Crippen LogP contribution in [-0.4, -0.2) is 25.6 Å². The van der Waals surface area contributed by atoms with E-state index in [1.807, 2.05) is 6.92 Å². The van der Waals surface area contributed by atoms with Crippen molar-refractivity contribution >= 4 is 13.6 Å². The Morgan fingerprint density at radius 1 is 1.27 bits per heavy atom. The monoisotopic (exact) mass is 233 g/mol. The van der Waals surface area contributed by atoms with Gasteiger partial charge in [0, 0.05) is 15.0 Å². The van der Waals surface area contributed by atoms with Gasteiger partial charge in [-0.1, -0.05) is 26.7 Å². The van der Waals surface area contributed by atoms with Crippen molar-refractivity contribution < 1.29 is 9.57 Å². The van der Waals surface area contributed by atoms with Gasteiger partial charge in [-0.15, -0.1) is 0 Å². The highest BCUT2D eigenvalue weighted by Gasteiger charge is 2.07. The summed E-state index contributed by atoms with van der Waals surface area (Å²) in [5.74, 6) is 0.770. The fourth-order valence-corrected chi connectivity index (χ4v) is 2.10. The summed E-state index contributed by atoms with van der Waals surface area (Å²) in [5, 5.41) is 4.23. The third kappa shape index (κ3) is 7.92. The molecule has 1 N–H and O–H groups in total. The van der Waals surface area contributed by atoms with Gasteiger partial charge in [0.25, 0.3) is 0 Å². The minimum atomic E-state index is 0.741. The van der Waals surface area contributed by atoms with E-state index in [-0.39, 0.29) is 0 Å². The lowest BCUT2D eigenvalue weighted by atomic mass is 9.98. The fraction of sp³-hybridized carbons (Fsp3) is 0.909. The summed E-state index contributed by atoms with van der Waals surface area (Å²) in [6, 6.07) is 0.